The van der Waals surface area contributed by atoms with Crippen molar-refractivity contribution in [2.45, 2.75) is 43.8 Å². The molecule has 1 aliphatic carbocycles. The van der Waals surface area contributed by atoms with Gasteiger partial charge in [-0.2, -0.15) is 11.8 Å². The highest BCUT2D eigenvalue weighted by molar-refractivity contribution is 7.99. The van der Waals surface area contributed by atoms with E-state index in [1.54, 1.807) is 0 Å². The zero-order valence-electron chi connectivity index (χ0n) is 11.5. The average molecular weight is 296 g/mol. The molecule has 3 N–H and O–H groups in total. The Morgan fingerprint density at radius 3 is 2.80 bits per heavy atom. The summed E-state index contributed by atoms with van der Waals surface area (Å²) in [4.78, 5) is 11.8. The second kappa shape index (κ2) is 7.53. The van der Waals surface area contributed by atoms with Gasteiger partial charge in [0.1, 0.15) is 5.82 Å². The summed E-state index contributed by atoms with van der Waals surface area (Å²) < 4.78 is 13.0. The predicted octanol–water partition coefficient (Wildman–Crippen LogP) is 3.80. The maximum atomic E-state index is 13.0. The summed E-state index contributed by atoms with van der Waals surface area (Å²) in [5, 5.41) is 3.47. The van der Waals surface area contributed by atoms with Gasteiger partial charge < -0.3 is 11.1 Å². The molecule has 2 rings (SSSR count). The molecule has 3 nitrogen and oxygen atoms in total. The SMILES string of the molecule is Nc1cc(NC(=O)CCSC2CCCCC2)ccc1F. The van der Waals surface area contributed by atoms with E-state index in [4.69, 9.17) is 5.73 Å². The third-order valence-electron chi connectivity index (χ3n) is 3.51. The first-order chi connectivity index (χ1) is 9.65. The molecule has 0 aromatic heterocycles. The smallest absolute Gasteiger partial charge is 0.225 e. The van der Waals surface area contributed by atoms with Crippen LogP contribution in [-0.4, -0.2) is 16.9 Å². The molecule has 1 aromatic rings. The van der Waals surface area contributed by atoms with Crippen molar-refractivity contribution in [2.75, 3.05) is 16.8 Å². The molecule has 110 valence electrons. The van der Waals surface area contributed by atoms with Gasteiger partial charge in [0.15, 0.2) is 0 Å². The largest absolute Gasteiger partial charge is 0.396 e. The van der Waals surface area contributed by atoms with Crippen molar-refractivity contribution < 1.29 is 9.18 Å². The molecular formula is C15H21FN2OS. The van der Waals surface area contributed by atoms with Gasteiger partial charge in [0.2, 0.25) is 5.91 Å². The Bertz CT molecular complexity index is 461. The molecule has 1 amide bonds. The summed E-state index contributed by atoms with van der Waals surface area (Å²) >= 11 is 1.90. The summed E-state index contributed by atoms with van der Waals surface area (Å²) in [6, 6.07) is 4.24. The fraction of sp³-hybridized carbons (Fsp3) is 0.533. The number of hydrogen-bond donors (Lipinski definition) is 2. The quantitative estimate of drug-likeness (QED) is 0.813. The van der Waals surface area contributed by atoms with E-state index in [9.17, 15) is 9.18 Å². The Labute approximate surface area is 123 Å². The van der Waals surface area contributed by atoms with Crippen LogP contribution in [0.5, 0.6) is 0 Å². The van der Waals surface area contributed by atoms with Crippen molar-refractivity contribution in [3.63, 3.8) is 0 Å². The number of nitrogens with one attached hydrogen (secondary N) is 1. The van der Waals surface area contributed by atoms with Gasteiger partial charge in [0.05, 0.1) is 5.69 Å². The summed E-state index contributed by atoms with van der Waals surface area (Å²) in [6.07, 6.45) is 7.03. The minimum Gasteiger partial charge on any atom is -0.396 e. The number of benzene rings is 1. The molecule has 1 saturated carbocycles. The molecular weight excluding hydrogens is 275 g/mol. The highest BCUT2D eigenvalue weighted by Crippen LogP contribution is 2.28. The summed E-state index contributed by atoms with van der Waals surface area (Å²) in [6.45, 7) is 0. The van der Waals surface area contributed by atoms with Crippen LogP contribution in [-0.2, 0) is 4.79 Å². The first-order valence-electron chi connectivity index (χ1n) is 7.11. The molecule has 0 bridgehead atoms. The molecule has 0 saturated heterocycles. The lowest BCUT2D eigenvalue weighted by Crippen LogP contribution is -2.14. The third-order valence-corrected chi connectivity index (χ3v) is 4.90. The van der Waals surface area contributed by atoms with Gasteiger partial charge in [0.25, 0.3) is 0 Å². The number of carbonyl (C=O) groups is 1. The zero-order valence-corrected chi connectivity index (χ0v) is 12.3. The van der Waals surface area contributed by atoms with Gasteiger partial charge in [-0.1, -0.05) is 19.3 Å². The van der Waals surface area contributed by atoms with Crippen LogP contribution in [0.25, 0.3) is 0 Å². The van der Waals surface area contributed by atoms with Gasteiger partial charge in [0, 0.05) is 23.1 Å². The number of carbonyl (C=O) groups excluding carboxylic acids is 1. The zero-order chi connectivity index (χ0) is 14.4. The summed E-state index contributed by atoms with van der Waals surface area (Å²) in [5.74, 6) is 0.336. The number of thioether (sulfide) groups is 1. The van der Waals surface area contributed by atoms with E-state index in [-0.39, 0.29) is 11.6 Å². The Hall–Kier alpha value is -1.23. The molecule has 5 heteroatoms. The van der Waals surface area contributed by atoms with Crippen LogP contribution in [0.1, 0.15) is 38.5 Å². The minimum atomic E-state index is -0.462. The molecule has 0 radical (unpaired) electrons. The number of halogens is 1. The Morgan fingerprint density at radius 1 is 1.35 bits per heavy atom. The van der Waals surface area contributed by atoms with E-state index in [2.05, 4.69) is 5.32 Å². The van der Waals surface area contributed by atoms with Crippen molar-refractivity contribution >= 4 is 29.0 Å². The highest BCUT2D eigenvalue weighted by atomic mass is 32.2. The lowest BCUT2D eigenvalue weighted by atomic mass is 10.0. The van der Waals surface area contributed by atoms with Crippen LogP contribution in [0.3, 0.4) is 0 Å². The molecule has 0 atom stereocenters. The lowest BCUT2D eigenvalue weighted by Gasteiger charge is -2.20. The van der Waals surface area contributed by atoms with Crippen LogP contribution in [0.15, 0.2) is 18.2 Å². The van der Waals surface area contributed by atoms with Crippen LogP contribution in [0.2, 0.25) is 0 Å². The van der Waals surface area contributed by atoms with E-state index in [0.717, 1.165) is 11.0 Å². The average Bonchev–Trinajstić information content (AvgIpc) is 2.44. The van der Waals surface area contributed by atoms with Gasteiger partial charge in [-0.25, -0.2) is 4.39 Å². The molecule has 0 heterocycles. The molecule has 1 aliphatic rings. The number of amides is 1. The normalized spacial score (nSPS) is 16.1. The standard InChI is InChI=1S/C15H21FN2OS/c16-13-7-6-11(10-14(13)17)18-15(19)8-9-20-12-4-2-1-3-5-12/h6-7,10,12H,1-5,8-9,17H2,(H,18,19). The molecule has 0 unspecified atom stereocenters. The molecule has 0 aliphatic heterocycles. The van der Waals surface area contributed by atoms with Gasteiger partial charge in [-0.15, -0.1) is 0 Å². The van der Waals surface area contributed by atoms with Crippen molar-refractivity contribution in [2.24, 2.45) is 0 Å². The number of nitrogen functional groups attached to an aromatic ring is 1. The molecule has 20 heavy (non-hydrogen) atoms. The fourth-order valence-electron chi connectivity index (χ4n) is 2.40. The Balaban J connectivity index is 1.70. The minimum absolute atomic E-state index is 0.0423. The maximum absolute atomic E-state index is 13.0. The first-order valence-corrected chi connectivity index (χ1v) is 8.16. The van der Waals surface area contributed by atoms with Crippen LogP contribution >= 0.6 is 11.8 Å². The van der Waals surface area contributed by atoms with E-state index in [1.165, 1.54) is 50.3 Å². The molecule has 1 fully saturated rings. The van der Waals surface area contributed by atoms with Crippen LogP contribution < -0.4 is 11.1 Å². The second-order valence-corrected chi connectivity index (χ2v) is 6.57. The molecule has 0 spiro atoms. The fourth-order valence-corrected chi connectivity index (χ4v) is 3.70. The lowest BCUT2D eigenvalue weighted by molar-refractivity contribution is -0.115. The van der Waals surface area contributed by atoms with Crippen molar-refractivity contribution in [3.8, 4) is 0 Å². The van der Waals surface area contributed by atoms with Gasteiger partial charge in [-0.05, 0) is 31.0 Å². The summed E-state index contributed by atoms with van der Waals surface area (Å²) in [7, 11) is 0. The van der Waals surface area contributed by atoms with Gasteiger partial charge >= 0.3 is 0 Å². The third kappa shape index (κ3) is 4.71. The van der Waals surface area contributed by atoms with Gasteiger partial charge in [-0.3, -0.25) is 4.79 Å². The first kappa shape index (κ1) is 15.2. The maximum Gasteiger partial charge on any atom is 0.225 e. The highest BCUT2D eigenvalue weighted by Gasteiger charge is 2.14. The topological polar surface area (TPSA) is 55.1 Å². The van der Waals surface area contributed by atoms with E-state index in [1.807, 2.05) is 11.8 Å². The van der Waals surface area contributed by atoms with Crippen LogP contribution in [0, 0.1) is 5.82 Å². The summed E-state index contributed by atoms with van der Waals surface area (Å²) in [5.41, 5.74) is 6.07. The monoisotopic (exact) mass is 296 g/mol. The van der Waals surface area contributed by atoms with Crippen LogP contribution in [0.4, 0.5) is 15.8 Å². The molecule has 1 aromatic carbocycles. The van der Waals surface area contributed by atoms with E-state index >= 15 is 0 Å². The number of nitrogens with two attached hydrogens (primary N) is 1. The second-order valence-electron chi connectivity index (χ2n) is 5.17. The van der Waals surface area contributed by atoms with Crippen molar-refractivity contribution in [3.05, 3.63) is 24.0 Å². The number of hydrogen-bond acceptors (Lipinski definition) is 3. The predicted molar refractivity (Wildman–Crippen MR) is 83.4 cm³/mol. The van der Waals surface area contributed by atoms with Crippen molar-refractivity contribution in [1.82, 2.24) is 0 Å². The van der Waals surface area contributed by atoms with E-state index < -0.39 is 5.82 Å². The Morgan fingerprint density at radius 2 is 2.10 bits per heavy atom. The number of anilines is 2. The Kier molecular flexibility index (Phi) is 5.71. The van der Waals surface area contributed by atoms with Crippen molar-refractivity contribution in [1.29, 1.82) is 0 Å². The number of rotatable bonds is 5. The van der Waals surface area contributed by atoms with E-state index in [0.29, 0.717) is 12.1 Å².